The molecule has 4 aliphatic rings. The minimum absolute atomic E-state index is 0.185. The summed E-state index contributed by atoms with van der Waals surface area (Å²) in [4.78, 5) is 0. The smallest absolute Gasteiger partial charge is 0.191 e. The Morgan fingerprint density at radius 3 is 2.46 bits per heavy atom. The number of nitrogens with zero attached hydrogens (tertiary/aromatic N) is 2. The number of benzene rings is 1. The van der Waals surface area contributed by atoms with Crippen LogP contribution in [0.4, 0.5) is 10.1 Å². The summed E-state index contributed by atoms with van der Waals surface area (Å²) >= 11 is 5.31. The Labute approximate surface area is 241 Å². The lowest BCUT2D eigenvalue weighted by atomic mass is 9.46. The van der Waals surface area contributed by atoms with Crippen LogP contribution in [0, 0.1) is 52.2 Å². The van der Waals surface area contributed by atoms with Gasteiger partial charge in [0.25, 0.3) is 0 Å². The first-order valence-electron chi connectivity index (χ1n) is 15.7. The van der Waals surface area contributed by atoms with Gasteiger partial charge < -0.3 is 5.73 Å². The van der Waals surface area contributed by atoms with Crippen LogP contribution in [0.25, 0.3) is 0 Å². The summed E-state index contributed by atoms with van der Waals surface area (Å²) in [7, 11) is 0. The Bertz CT molecular complexity index is 1110. The SMILES string of the molecule is CC(C)CCCC(C)C1CCC2C3CCC4=C/C(=N/N(C(N)=S)c5ccc(F)cc5)CCC4(C)C3CCC12C. The molecule has 39 heavy (non-hydrogen) atoms. The Hall–Kier alpha value is -1.75. The van der Waals surface area contributed by atoms with Gasteiger partial charge in [-0.2, -0.15) is 5.10 Å². The first-order valence-corrected chi connectivity index (χ1v) is 16.1. The summed E-state index contributed by atoms with van der Waals surface area (Å²) in [6, 6.07) is 6.22. The van der Waals surface area contributed by atoms with Gasteiger partial charge in [0, 0.05) is 0 Å². The highest BCUT2D eigenvalue weighted by Gasteiger charge is 2.59. The molecule has 7 atom stereocenters. The number of anilines is 1. The number of hydrogen-bond acceptors (Lipinski definition) is 2. The van der Waals surface area contributed by atoms with Crippen LogP contribution in [-0.4, -0.2) is 10.8 Å². The van der Waals surface area contributed by atoms with E-state index in [1.54, 1.807) is 22.7 Å². The summed E-state index contributed by atoms with van der Waals surface area (Å²) < 4.78 is 13.5. The van der Waals surface area contributed by atoms with Gasteiger partial charge >= 0.3 is 0 Å². The fraction of sp³-hybridized carbons (Fsp3) is 0.706. The molecule has 0 heterocycles. The van der Waals surface area contributed by atoms with Crippen molar-refractivity contribution in [2.45, 2.75) is 105 Å². The topological polar surface area (TPSA) is 41.6 Å². The van der Waals surface area contributed by atoms with Crippen LogP contribution >= 0.6 is 12.2 Å². The van der Waals surface area contributed by atoms with Crippen LogP contribution < -0.4 is 10.7 Å². The second-order valence-corrected chi connectivity index (χ2v) is 14.7. The van der Waals surface area contributed by atoms with Crippen LogP contribution in [0.1, 0.15) is 105 Å². The normalized spacial score (nSPS) is 35.7. The van der Waals surface area contributed by atoms with Crippen molar-refractivity contribution in [2.75, 3.05) is 5.01 Å². The average Bonchev–Trinajstić information content (AvgIpc) is 3.25. The lowest BCUT2D eigenvalue weighted by molar-refractivity contribution is -0.0573. The maximum absolute atomic E-state index is 13.5. The number of allylic oxidation sites excluding steroid dienone is 2. The van der Waals surface area contributed by atoms with E-state index in [-0.39, 0.29) is 16.3 Å². The van der Waals surface area contributed by atoms with Gasteiger partial charge in [-0.3, -0.25) is 0 Å². The van der Waals surface area contributed by atoms with Crippen molar-refractivity contribution in [3.05, 3.63) is 41.7 Å². The molecular weight excluding hydrogens is 501 g/mol. The lowest BCUT2D eigenvalue weighted by Crippen LogP contribution is -2.51. The summed E-state index contributed by atoms with van der Waals surface area (Å²) in [6.07, 6.45) is 16.8. The first kappa shape index (κ1) is 28.8. The number of fused-ring (bicyclic) bond motifs is 5. The molecule has 1 aromatic carbocycles. The third-order valence-electron chi connectivity index (χ3n) is 11.7. The number of halogens is 1. The molecule has 2 N–H and O–H groups in total. The maximum atomic E-state index is 13.5. The van der Waals surface area contributed by atoms with E-state index < -0.39 is 0 Å². The number of hydrazone groups is 1. The van der Waals surface area contributed by atoms with Crippen molar-refractivity contribution < 1.29 is 4.39 Å². The minimum Gasteiger partial charge on any atom is -0.374 e. The molecule has 0 aliphatic heterocycles. The lowest BCUT2D eigenvalue weighted by Gasteiger charge is -2.58. The summed E-state index contributed by atoms with van der Waals surface area (Å²) in [6.45, 7) is 12.5. The molecule has 3 nitrogen and oxygen atoms in total. The molecular formula is C34H50FN3S. The van der Waals surface area contributed by atoms with Crippen LogP contribution in [0.2, 0.25) is 0 Å². The van der Waals surface area contributed by atoms with Crippen molar-refractivity contribution in [3.63, 3.8) is 0 Å². The van der Waals surface area contributed by atoms with Gasteiger partial charge in [-0.05, 0) is 140 Å². The van der Waals surface area contributed by atoms with Crippen molar-refractivity contribution in [2.24, 2.45) is 57.2 Å². The molecule has 5 heteroatoms. The number of thiocarbonyl (C=S) groups is 1. The number of nitrogens with two attached hydrogens (primary N) is 1. The number of rotatable bonds is 7. The van der Waals surface area contributed by atoms with E-state index in [1.165, 1.54) is 69.9 Å². The van der Waals surface area contributed by atoms with Gasteiger partial charge in [-0.1, -0.05) is 59.5 Å². The molecule has 0 radical (unpaired) electrons. The highest BCUT2D eigenvalue weighted by molar-refractivity contribution is 7.80. The van der Waals surface area contributed by atoms with Crippen LogP contribution in [0.3, 0.4) is 0 Å². The second-order valence-electron chi connectivity index (χ2n) is 14.3. The highest BCUT2D eigenvalue weighted by atomic mass is 32.1. The molecule has 0 amide bonds. The highest BCUT2D eigenvalue weighted by Crippen LogP contribution is 2.67. The van der Waals surface area contributed by atoms with E-state index >= 15 is 0 Å². The van der Waals surface area contributed by atoms with Crippen molar-refractivity contribution in [1.29, 1.82) is 0 Å². The Balaban J connectivity index is 1.32. The molecule has 3 fully saturated rings. The second kappa shape index (κ2) is 11.3. The zero-order valence-electron chi connectivity index (χ0n) is 24.9. The molecule has 3 saturated carbocycles. The van der Waals surface area contributed by atoms with Gasteiger partial charge in [-0.15, -0.1) is 0 Å². The largest absolute Gasteiger partial charge is 0.374 e. The summed E-state index contributed by atoms with van der Waals surface area (Å²) in [5.41, 5.74) is 10.2. The first-order chi connectivity index (χ1) is 18.5. The Morgan fingerprint density at radius 1 is 1.03 bits per heavy atom. The predicted molar refractivity (Wildman–Crippen MR) is 166 cm³/mol. The molecule has 214 valence electrons. The van der Waals surface area contributed by atoms with E-state index in [9.17, 15) is 4.39 Å². The molecule has 0 aromatic heterocycles. The Kier molecular flexibility index (Phi) is 8.30. The van der Waals surface area contributed by atoms with Gasteiger partial charge in [0.2, 0.25) is 0 Å². The average molecular weight is 552 g/mol. The monoisotopic (exact) mass is 551 g/mol. The predicted octanol–water partition coefficient (Wildman–Crippen LogP) is 9.27. The van der Waals surface area contributed by atoms with Gasteiger partial charge in [-0.25, -0.2) is 9.40 Å². The van der Waals surface area contributed by atoms with Crippen molar-refractivity contribution in [3.8, 4) is 0 Å². The van der Waals surface area contributed by atoms with Crippen LogP contribution in [-0.2, 0) is 0 Å². The molecule has 1 aromatic rings. The van der Waals surface area contributed by atoms with E-state index in [2.05, 4.69) is 40.7 Å². The van der Waals surface area contributed by atoms with E-state index in [4.69, 9.17) is 23.1 Å². The summed E-state index contributed by atoms with van der Waals surface area (Å²) in [5, 5.41) is 6.65. The maximum Gasteiger partial charge on any atom is 0.191 e. The van der Waals surface area contributed by atoms with Crippen molar-refractivity contribution >= 4 is 28.7 Å². The quantitative estimate of drug-likeness (QED) is 0.271. The summed E-state index contributed by atoms with van der Waals surface area (Å²) in [5.74, 6) is 4.86. The van der Waals surface area contributed by atoms with E-state index in [0.29, 0.717) is 11.1 Å². The van der Waals surface area contributed by atoms with E-state index in [0.717, 1.165) is 54.1 Å². The molecule has 7 unspecified atom stereocenters. The molecule has 5 rings (SSSR count). The van der Waals surface area contributed by atoms with Gasteiger partial charge in [0.1, 0.15) is 5.82 Å². The zero-order valence-corrected chi connectivity index (χ0v) is 25.7. The van der Waals surface area contributed by atoms with Gasteiger partial charge in [0.05, 0.1) is 11.4 Å². The Morgan fingerprint density at radius 2 is 1.77 bits per heavy atom. The van der Waals surface area contributed by atoms with Crippen molar-refractivity contribution in [1.82, 2.24) is 0 Å². The van der Waals surface area contributed by atoms with Crippen LogP contribution in [0.5, 0.6) is 0 Å². The van der Waals surface area contributed by atoms with Gasteiger partial charge in [0.15, 0.2) is 5.11 Å². The zero-order chi connectivity index (χ0) is 27.9. The fourth-order valence-electron chi connectivity index (χ4n) is 9.62. The molecule has 4 aliphatic carbocycles. The number of hydrogen-bond donors (Lipinski definition) is 1. The van der Waals surface area contributed by atoms with E-state index in [1.807, 2.05) is 0 Å². The molecule has 0 spiro atoms. The standard InChI is InChI=1S/C34H50FN3S/c1-22(2)7-6-8-23(3)29-15-16-30-28-14-9-24-21-26(17-19-33(24,4)31(28)18-20-34(29,30)5)37-38(32(36)39)27-12-10-25(35)11-13-27/h10-13,21-23,28-31H,6-9,14-20H2,1-5H3,(H2,36,39)/b37-26+. The third kappa shape index (κ3) is 5.46. The fourth-order valence-corrected chi connectivity index (χ4v) is 9.77. The minimum atomic E-state index is -0.278. The molecule has 0 saturated heterocycles. The van der Waals surface area contributed by atoms with Crippen LogP contribution in [0.15, 0.2) is 41.0 Å². The third-order valence-corrected chi connectivity index (χ3v) is 11.9. The molecule has 0 bridgehead atoms.